The molecule has 248 valence electrons. The number of carbonyl (C=O) groups excluding carboxylic acids is 4. The SMILES string of the molecule is Cc1cc(-c2ccc(O)c(C[C@H](N)C(=O)N[C@@H](CCCN)C(=O)NCC(=O)N[C@@H](C[C@@H](O)CN)C(=O)NCCN)c2)ccc1O. The largest absolute Gasteiger partial charge is 0.508 e. The van der Waals surface area contributed by atoms with Gasteiger partial charge in [-0.2, -0.15) is 0 Å². The van der Waals surface area contributed by atoms with Gasteiger partial charge in [0.15, 0.2) is 0 Å². The lowest BCUT2D eigenvalue weighted by molar-refractivity contribution is -0.132. The van der Waals surface area contributed by atoms with Crippen LogP contribution in [0.3, 0.4) is 0 Å². The average Bonchev–Trinajstić information content (AvgIpc) is 3.02. The number of phenols is 2. The third-order valence-electron chi connectivity index (χ3n) is 7.01. The number of aromatic hydroxyl groups is 2. The first-order valence-electron chi connectivity index (χ1n) is 14.7. The van der Waals surface area contributed by atoms with E-state index in [-0.39, 0.29) is 56.9 Å². The van der Waals surface area contributed by atoms with E-state index in [0.717, 1.165) is 11.1 Å². The lowest BCUT2D eigenvalue weighted by atomic mass is 9.97. The van der Waals surface area contributed by atoms with E-state index >= 15 is 0 Å². The molecule has 0 saturated carbocycles. The van der Waals surface area contributed by atoms with E-state index in [1.54, 1.807) is 37.3 Å². The molecule has 4 amide bonds. The van der Waals surface area contributed by atoms with Crippen molar-refractivity contribution >= 4 is 23.6 Å². The van der Waals surface area contributed by atoms with Crippen molar-refractivity contribution in [3.05, 3.63) is 47.5 Å². The van der Waals surface area contributed by atoms with Crippen LogP contribution >= 0.6 is 0 Å². The van der Waals surface area contributed by atoms with Gasteiger partial charge in [0.2, 0.25) is 23.6 Å². The molecule has 15 N–H and O–H groups in total. The average molecular weight is 631 g/mol. The number of hydrogen-bond acceptors (Lipinski definition) is 11. The predicted octanol–water partition coefficient (Wildman–Crippen LogP) is -2.45. The van der Waals surface area contributed by atoms with Crippen molar-refractivity contribution in [2.75, 3.05) is 32.7 Å². The maximum atomic E-state index is 13.0. The number of aryl methyl sites for hydroxylation is 1. The molecule has 2 aromatic carbocycles. The Kier molecular flexibility index (Phi) is 15.2. The summed E-state index contributed by atoms with van der Waals surface area (Å²) in [5.41, 5.74) is 25.2. The summed E-state index contributed by atoms with van der Waals surface area (Å²) < 4.78 is 0. The van der Waals surface area contributed by atoms with E-state index in [4.69, 9.17) is 22.9 Å². The molecule has 0 bridgehead atoms. The molecule has 0 heterocycles. The second-order valence-corrected chi connectivity index (χ2v) is 10.7. The summed E-state index contributed by atoms with van der Waals surface area (Å²) in [6, 6.07) is 6.66. The van der Waals surface area contributed by atoms with Gasteiger partial charge >= 0.3 is 0 Å². The molecule has 0 saturated heterocycles. The Morgan fingerprint density at radius 3 is 2.09 bits per heavy atom. The van der Waals surface area contributed by atoms with Crippen LogP contribution in [-0.2, 0) is 25.6 Å². The third kappa shape index (κ3) is 12.0. The summed E-state index contributed by atoms with van der Waals surface area (Å²) in [6.07, 6.45) is -0.689. The molecular weight excluding hydrogens is 584 g/mol. The Bertz CT molecular complexity index is 1310. The number of aliphatic hydroxyl groups is 1. The van der Waals surface area contributed by atoms with E-state index in [1.165, 1.54) is 6.07 Å². The maximum Gasteiger partial charge on any atom is 0.243 e. The summed E-state index contributed by atoms with van der Waals surface area (Å²) in [4.78, 5) is 51.0. The van der Waals surface area contributed by atoms with Crippen LogP contribution in [-0.4, -0.2) is 95.9 Å². The highest BCUT2D eigenvalue weighted by atomic mass is 16.3. The van der Waals surface area contributed by atoms with Crippen molar-refractivity contribution in [2.24, 2.45) is 22.9 Å². The van der Waals surface area contributed by atoms with Crippen LogP contribution in [0.15, 0.2) is 36.4 Å². The zero-order valence-corrected chi connectivity index (χ0v) is 25.4. The molecule has 0 aliphatic heterocycles. The van der Waals surface area contributed by atoms with Gasteiger partial charge in [-0.05, 0) is 72.8 Å². The van der Waals surface area contributed by atoms with Crippen molar-refractivity contribution in [2.45, 2.75) is 56.8 Å². The number of nitrogens with two attached hydrogens (primary N) is 4. The highest BCUT2D eigenvalue weighted by Gasteiger charge is 2.26. The van der Waals surface area contributed by atoms with Gasteiger partial charge in [0.1, 0.15) is 23.6 Å². The normalized spacial score (nSPS) is 13.6. The zero-order chi connectivity index (χ0) is 33.5. The van der Waals surface area contributed by atoms with E-state index in [2.05, 4.69) is 21.3 Å². The number of aliphatic hydroxyl groups excluding tert-OH is 1. The van der Waals surface area contributed by atoms with E-state index in [9.17, 15) is 34.5 Å². The van der Waals surface area contributed by atoms with Crippen LogP contribution in [0.5, 0.6) is 11.5 Å². The lowest BCUT2D eigenvalue weighted by Crippen LogP contribution is -2.55. The molecule has 0 fully saturated rings. The number of phenolic OH excluding ortho intramolecular Hbond substituents is 2. The van der Waals surface area contributed by atoms with Gasteiger partial charge in [-0.1, -0.05) is 12.1 Å². The molecule has 15 heteroatoms. The van der Waals surface area contributed by atoms with Gasteiger partial charge in [-0.15, -0.1) is 0 Å². The summed E-state index contributed by atoms with van der Waals surface area (Å²) in [5.74, 6) is -2.51. The van der Waals surface area contributed by atoms with Gasteiger partial charge in [0, 0.05) is 32.5 Å². The quantitative estimate of drug-likeness (QED) is 0.0822. The van der Waals surface area contributed by atoms with E-state index in [1.807, 2.05) is 0 Å². The number of carbonyl (C=O) groups is 4. The highest BCUT2D eigenvalue weighted by molar-refractivity contribution is 5.93. The molecule has 0 unspecified atom stereocenters. The Morgan fingerprint density at radius 2 is 1.47 bits per heavy atom. The van der Waals surface area contributed by atoms with Crippen molar-refractivity contribution in [1.29, 1.82) is 0 Å². The molecule has 2 aromatic rings. The van der Waals surface area contributed by atoms with Crippen molar-refractivity contribution in [1.82, 2.24) is 21.3 Å². The first-order chi connectivity index (χ1) is 21.4. The second-order valence-electron chi connectivity index (χ2n) is 10.7. The predicted molar refractivity (Wildman–Crippen MR) is 169 cm³/mol. The minimum Gasteiger partial charge on any atom is -0.508 e. The van der Waals surface area contributed by atoms with Crippen molar-refractivity contribution < 1.29 is 34.5 Å². The van der Waals surface area contributed by atoms with Crippen LogP contribution < -0.4 is 44.2 Å². The lowest BCUT2D eigenvalue weighted by Gasteiger charge is -2.22. The topological polar surface area (TPSA) is 281 Å². The fraction of sp³-hybridized carbons (Fsp3) is 0.467. The van der Waals surface area contributed by atoms with E-state index in [0.29, 0.717) is 17.5 Å². The monoisotopic (exact) mass is 630 g/mol. The smallest absolute Gasteiger partial charge is 0.243 e. The summed E-state index contributed by atoms with van der Waals surface area (Å²) in [5, 5.41) is 40.1. The van der Waals surface area contributed by atoms with Crippen LogP contribution in [0.1, 0.15) is 30.4 Å². The van der Waals surface area contributed by atoms with E-state index < -0.39 is 54.4 Å². The zero-order valence-electron chi connectivity index (χ0n) is 25.4. The molecule has 2 rings (SSSR count). The second kappa shape index (κ2) is 18.5. The molecule has 4 atom stereocenters. The van der Waals surface area contributed by atoms with Gasteiger partial charge < -0.3 is 59.5 Å². The molecule has 15 nitrogen and oxygen atoms in total. The maximum absolute atomic E-state index is 13.0. The molecule has 0 aliphatic rings. The fourth-order valence-electron chi connectivity index (χ4n) is 4.42. The standard InChI is InChI=1S/C30H46N8O7/c1-17-11-18(4-6-25(17)40)19-5-7-26(41)20(12-19)13-22(34)28(43)38-23(3-2-8-31)29(44)36-16-27(42)37-24(14-21(39)15-33)30(45)35-10-9-32/h4-7,11-12,21-24,39-41H,2-3,8-10,13-16,31-34H2,1H3,(H,35,45)(H,36,44)(H,37,42)(H,38,43)/t21-,22+,23+,24+/m1/s1. The molecule has 0 aliphatic carbocycles. The van der Waals surface area contributed by atoms with Crippen molar-refractivity contribution in [3.63, 3.8) is 0 Å². The first-order valence-corrected chi connectivity index (χ1v) is 14.7. The Balaban J connectivity index is 2.04. The van der Waals surface area contributed by atoms with Gasteiger partial charge in [0.05, 0.1) is 18.7 Å². The van der Waals surface area contributed by atoms with Crippen LogP contribution in [0, 0.1) is 6.92 Å². The minimum atomic E-state index is -1.13. The van der Waals surface area contributed by atoms with Crippen molar-refractivity contribution in [3.8, 4) is 22.6 Å². The molecular formula is C30H46N8O7. The summed E-state index contributed by atoms with van der Waals surface area (Å²) in [7, 11) is 0. The van der Waals surface area contributed by atoms with Gasteiger partial charge in [0.25, 0.3) is 0 Å². The Morgan fingerprint density at radius 1 is 0.822 bits per heavy atom. The summed E-state index contributed by atoms with van der Waals surface area (Å²) in [6.45, 7) is 1.70. The van der Waals surface area contributed by atoms with Gasteiger partial charge in [-0.3, -0.25) is 19.2 Å². The Labute approximate surface area is 262 Å². The fourth-order valence-corrected chi connectivity index (χ4v) is 4.42. The highest BCUT2D eigenvalue weighted by Crippen LogP contribution is 2.29. The molecule has 45 heavy (non-hydrogen) atoms. The molecule has 0 aromatic heterocycles. The number of benzene rings is 2. The van der Waals surface area contributed by atoms with Crippen LogP contribution in [0.25, 0.3) is 11.1 Å². The molecule has 0 spiro atoms. The number of amides is 4. The third-order valence-corrected chi connectivity index (χ3v) is 7.01. The number of hydrogen-bond donors (Lipinski definition) is 11. The van der Waals surface area contributed by atoms with Crippen LogP contribution in [0.4, 0.5) is 0 Å². The van der Waals surface area contributed by atoms with Gasteiger partial charge in [-0.25, -0.2) is 0 Å². The minimum absolute atomic E-state index is 0.0432. The number of rotatable bonds is 18. The summed E-state index contributed by atoms with van der Waals surface area (Å²) >= 11 is 0. The molecule has 0 radical (unpaired) electrons. The van der Waals surface area contributed by atoms with Crippen LogP contribution in [0.2, 0.25) is 0 Å². The first kappa shape index (κ1) is 36.9. The Hall–Kier alpha value is -4.28. The number of nitrogens with one attached hydrogen (secondary N) is 4.